The van der Waals surface area contributed by atoms with Crippen LogP contribution in [0.1, 0.15) is 26.2 Å². The molecule has 1 fully saturated rings. The van der Waals surface area contributed by atoms with Crippen molar-refractivity contribution in [2.75, 3.05) is 13.1 Å². The van der Waals surface area contributed by atoms with Gasteiger partial charge in [0.2, 0.25) is 0 Å². The normalized spacial score (nSPS) is 23.7. The zero-order valence-electron chi connectivity index (χ0n) is 8.10. The van der Waals surface area contributed by atoms with E-state index in [0.717, 1.165) is 17.7 Å². The molecule has 0 spiro atoms. The molecule has 2 nitrogen and oxygen atoms in total. The number of likely N-dealkylation sites (tertiary alicyclic amines) is 1. The quantitative estimate of drug-likeness (QED) is 0.648. The third kappa shape index (κ3) is 2.62. The summed E-state index contributed by atoms with van der Waals surface area (Å²) in [5.41, 5.74) is 0. The maximum Gasteiger partial charge on any atom is 0.471 e. The molecule has 1 amide bonds. The minimum absolute atomic E-state index is 0.232. The molecule has 0 aromatic carbocycles. The van der Waals surface area contributed by atoms with Gasteiger partial charge in [0, 0.05) is 13.1 Å². The molecule has 0 saturated carbocycles. The van der Waals surface area contributed by atoms with Crippen LogP contribution in [-0.2, 0) is 4.79 Å². The summed E-state index contributed by atoms with van der Waals surface area (Å²) in [6.45, 7) is 2.44. The van der Waals surface area contributed by atoms with Gasteiger partial charge in [0.1, 0.15) is 0 Å². The Hall–Kier alpha value is -0.740. The predicted octanol–water partition coefficient (Wildman–Crippen LogP) is 2.20. The van der Waals surface area contributed by atoms with Gasteiger partial charge in [0.05, 0.1) is 0 Å². The van der Waals surface area contributed by atoms with Crippen LogP contribution in [0, 0.1) is 5.92 Å². The highest BCUT2D eigenvalue weighted by Crippen LogP contribution is 2.24. The van der Waals surface area contributed by atoms with E-state index in [1.807, 2.05) is 6.92 Å². The van der Waals surface area contributed by atoms with Gasteiger partial charge in [0.15, 0.2) is 0 Å². The second-order valence-corrected chi connectivity index (χ2v) is 3.67. The molecular formula is C9H14F3NO. The van der Waals surface area contributed by atoms with Gasteiger partial charge in [-0.25, -0.2) is 0 Å². The highest BCUT2D eigenvalue weighted by Gasteiger charge is 2.43. The second-order valence-electron chi connectivity index (χ2n) is 3.67. The van der Waals surface area contributed by atoms with E-state index in [4.69, 9.17) is 0 Å². The van der Waals surface area contributed by atoms with Crippen LogP contribution in [-0.4, -0.2) is 30.1 Å². The Bertz CT molecular complexity index is 215. The summed E-state index contributed by atoms with van der Waals surface area (Å²) < 4.78 is 36.2. The molecule has 0 N–H and O–H groups in total. The van der Waals surface area contributed by atoms with Gasteiger partial charge in [-0.15, -0.1) is 0 Å². The number of halogens is 3. The molecule has 0 radical (unpaired) electrons. The molecule has 1 saturated heterocycles. The van der Waals surface area contributed by atoms with Crippen LogP contribution in [0.2, 0.25) is 0 Å². The van der Waals surface area contributed by atoms with Crippen molar-refractivity contribution in [2.24, 2.45) is 5.92 Å². The second kappa shape index (κ2) is 4.19. The summed E-state index contributed by atoms with van der Waals surface area (Å²) in [6.07, 6.45) is -2.27. The number of hydrogen-bond donors (Lipinski definition) is 0. The van der Waals surface area contributed by atoms with Crippen molar-refractivity contribution in [1.82, 2.24) is 4.90 Å². The zero-order chi connectivity index (χ0) is 10.8. The first-order valence-electron chi connectivity index (χ1n) is 4.81. The van der Waals surface area contributed by atoms with Crippen LogP contribution in [0.4, 0.5) is 13.2 Å². The Morgan fingerprint density at radius 3 is 2.64 bits per heavy atom. The lowest BCUT2D eigenvalue weighted by Crippen LogP contribution is -2.46. The van der Waals surface area contributed by atoms with E-state index in [2.05, 4.69) is 0 Å². The number of hydrogen-bond acceptors (Lipinski definition) is 1. The lowest BCUT2D eigenvalue weighted by atomic mass is 9.95. The Kier molecular flexibility index (Phi) is 3.39. The molecule has 82 valence electrons. The molecule has 5 heteroatoms. The SMILES string of the molecule is CC[C@@H]1CCCN(C(=O)C(F)(F)F)C1. The van der Waals surface area contributed by atoms with Crippen molar-refractivity contribution in [2.45, 2.75) is 32.4 Å². The maximum atomic E-state index is 12.1. The smallest absolute Gasteiger partial charge is 0.335 e. The predicted molar refractivity (Wildman–Crippen MR) is 45.7 cm³/mol. The molecular weight excluding hydrogens is 195 g/mol. The summed E-state index contributed by atoms with van der Waals surface area (Å²) in [6, 6.07) is 0. The first kappa shape index (κ1) is 11.3. The summed E-state index contributed by atoms with van der Waals surface area (Å²) in [7, 11) is 0. The Morgan fingerprint density at radius 1 is 1.50 bits per heavy atom. The monoisotopic (exact) mass is 209 g/mol. The van der Waals surface area contributed by atoms with Crippen molar-refractivity contribution in [1.29, 1.82) is 0 Å². The lowest BCUT2D eigenvalue weighted by Gasteiger charge is -2.32. The third-order valence-electron chi connectivity index (χ3n) is 2.63. The molecule has 0 bridgehead atoms. The van der Waals surface area contributed by atoms with Crippen LogP contribution >= 0.6 is 0 Å². The Balaban J connectivity index is 2.56. The minimum atomic E-state index is -4.71. The van der Waals surface area contributed by atoms with Crippen molar-refractivity contribution in [3.63, 3.8) is 0 Å². The number of carbonyl (C=O) groups is 1. The molecule has 1 heterocycles. The standard InChI is InChI=1S/C9H14F3NO/c1-2-7-4-3-5-13(6-7)8(14)9(10,11)12/h7H,2-6H2,1H3/t7-/m1/s1. The van der Waals surface area contributed by atoms with Crippen LogP contribution < -0.4 is 0 Å². The Morgan fingerprint density at radius 2 is 2.14 bits per heavy atom. The average molecular weight is 209 g/mol. The highest BCUT2D eigenvalue weighted by atomic mass is 19.4. The van der Waals surface area contributed by atoms with E-state index in [0.29, 0.717) is 6.42 Å². The van der Waals surface area contributed by atoms with Gasteiger partial charge in [-0.05, 0) is 18.8 Å². The Labute approximate surface area is 81.1 Å². The number of nitrogens with zero attached hydrogens (tertiary/aromatic N) is 1. The number of piperidine rings is 1. The van der Waals surface area contributed by atoms with Gasteiger partial charge in [-0.2, -0.15) is 13.2 Å². The van der Waals surface area contributed by atoms with Gasteiger partial charge in [-0.1, -0.05) is 13.3 Å². The first-order chi connectivity index (χ1) is 6.45. The molecule has 0 aliphatic carbocycles. The highest BCUT2D eigenvalue weighted by molar-refractivity contribution is 5.81. The van der Waals surface area contributed by atoms with E-state index < -0.39 is 12.1 Å². The molecule has 0 unspecified atom stereocenters. The van der Waals surface area contributed by atoms with Gasteiger partial charge in [0.25, 0.3) is 0 Å². The van der Waals surface area contributed by atoms with Crippen LogP contribution in [0.25, 0.3) is 0 Å². The van der Waals surface area contributed by atoms with Crippen LogP contribution in [0.3, 0.4) is 0 Å². The number of carbonyl (C=O) groups excluding carboxylic acids is 1. The van der Waals surface area contributed by atoms with Crippen LogP contribution in [0.5, 0.6) is 0 Å². The molecule has 1 rings (SSSR count). The third-order valence-corrected chi connectivity index (χ3v) is 2.63. The molecule has 0 aromatic rings. The molecule has 1 aliphatic rings. The maximum absolute atomic E-state index is 12.1. The largest absolute Gasteiger partial charge is 0.471 e. The average Bonchev–Trinajstić information content (AvgIpc) is 2.15. The fourth-order valence-corrected chi connectivity index (χ4v) is 1.76. The summed E-state index contributed by atoms with van der Waals surface area (Å²) in [5.74, 6) is -1.45. The van der Waals surface area contributed by atoms with E-state index in [1.165, 1.54) is 0 Å². The summed E-state index contributed by atoms with van der Waals surface area (Å²) in [4.78, 5) is 11.8. The fraction of sp³-hybridized carbons (Fsp3) is 0.889. The van der Waals surface area contributed by atoms with E-state index >= 15 is 0 Å². The molecule has 0 aromatic heterocycles. The molecule has 1 atom stereocenters. The van der Waals surface area contributed by atoms with Crippen molar-refractivity contribution >= 4 is 5.91 Å². The lowest BCUT2D eigenvalue weighted by molar-refractivity contribution is -0.187. The number of alkyl halides is 3. The van der Waals surface area contributed by atoms with E-state index in [9.17, 15) is 18.0 Å². The van der Waals surface area contributed by atoms with Crippen molar-refractivity contribution < 1.29 is 18.0 Å². The number of amides is 1. The first-order valence-corrected chi connectivity index (χ1v) is 4.81. The molecule has 1 aliphatic heterocycles. The number of rotatable bonds is 1. The topological polar surface area (TPSA) is 20.3 Å². The van der Waals surface area contributed by atoms with E-state index in [1.54, 1.807) is 0 Å². The zero-order valence-corrected chi connectivity index (χ0v) is 8.10. The van der Waals surface area contributed by atoms with Gasteiger partial charge >= 0.3 is 12.1 Å². The van der Waals surface area contributed by atoms with Crippen LogP contribution in [0.15, 0.2) is 0 Å². The minimum Gasteiger partial charge on any atom is -0.335 e. The van der Waals surface area contributed by atoms with Gasteiger partial charge in [-0.3, -0.25) is 4.79 Å². The fourth-order valence-electron chi connectivity index (χ4n) is 1.76. The summed E-state index contributed by atoms with van der Waals surface area (Å²) >= 11 is 0. The van der Waals surface area contributed by atoms with Crippen molar-refractivity contribution in [3.05, 3.63) is 0 Å². The molecule has 14 heavy (non-hydrogen) atoms. The summed E-state index contributed by atoms with van der Waals surface area (Å²) in [5, 5.41) is 0. The van der Waals surface area contributed by atoms with E-state index in [-0.39, 0.29) is 19.0 Å². The van der Waals surface area contributed by atoms with Crippen molar-refractivity contribution in [3.8, 4) is 0 Å². The van der Waals surface area contributed by atoms with Gasteiger partial charge < -0.3 is 4.90 Å².